The van der Waals surface area contributed by atoms with Gasteiger partial charge in [-0.1, -0.05) is 12.1 Å². The topological polar surface area (TPSA) is 47.6 Å². The number of fused-ring (bicyclic) bond motifs is 1. The zero-order valence-corrected chi connectivity index (χ0v) is 14.6. The van der Waals surface area contributed by atoms with Gasteiger partial charge in [-0.2, -0.15) is 0 Å². The lowest BCUT2D eigenvalue weighted by Crippen LogP contribution is -2.22. The van der Waals surface area contributed by atoms with Gasteiger partial charge in [-0.15, -0.1) is 0 Å². The van der Waals surface area contributed by atoms with Crippen LogP contribution in [0.1, 0.15) is 35.3 Å². The van der Waals surface area contributed by atoms with E-state index in [0.29, 0.717) is 24.5 Å². The molecule has 2 aromatic carbocycles. The maximum atomic E-state index is 12.4. The Kier molecular flexibility index (Phi) is 4.57. The molecule has 5 heteroatoms. The van der Waals surface area contributed by atoms with E-state index in [9.17, 15) is 4.79 Å². The van der Waals surface area contributed by atoms with Crippen LogP contribution < -0.4 is 14.8 Å². The van der Waals surface area contributed by atoms with Crippen LogP contribution in [0, 0.1) is 0 Å². The lowest BCUT2D eigenvalue weighted by atomic mass is 9.92. The predicted molar refractivity (Wildman–Crippen MR) is 93.6 cm³/mol. The largest absolute Gasteiger partial charge is 0.492 e. The maximum Gasteiger partial charge on any atom is 0.174 e. The number of rotatable bonds is 4. The molecule has 120 valence electrons. The number of hydrogen-bond acceptors (Lipinski definition) is 4. The van der Waals surface area contributed by atoms with Gasteiger partial charge in [0.2, 0.25) is 0 Å². The van der Waals surface area contributed by atoms with Crippen LogP contribution in [-0.2, 0) is 0 Å². The molecule has 1 aliphatic rings. The van der Waals surface area contributed by atoms with E-state index in [0.717, 1.165) is 21.3 Å². The fraction of sp³-hybridized carbons (Fsp3) is 0.278. The van der Waals surface area contributed by atoms with Gasteiger partial charge in [0, 0.05) is 17.7 Å². The summed E-state index contributed by atoms with van der Waals surface area (Å²) in [4.78, 5) is 12.4. The molecule has 1 N–H and O–H groups in total. The second-order valence-electron chi connectivity index (χ2n) is 5.34. The number of benzene rings is 2. The molecule has 3 rings (SSSR count). The zero-order chi connectivity index (χ0) is 16.4. The van der Waals surface area contributed by atoms with Gasteiger partial charge < -0.3 is 14.8 Å². The number of Topliss-reactive ketones (excluding diaryl/α,β-unsaturated/α-hetero) is 1. The fourth-order valence-corrected chi connectivity index (χ4v) is 3.46. The summed E-state index contributed by atoms with van der Waals surface area (Å²) in [7, 11) is 1.61. The van der Waals surface area contributed by atoms with Crippen LogP contribution in [0.3, 0.4) is 0 Å². The minimum Gasteiger partial charge on any atom is -0.492 e. The van der Waals surface area contributed by atoms with Crippen LogP contribution in [0.25, 0.3) is 0 Å². The quantitative estimate of drug-likeness (QED) is 0.848. The molecule has 0 aromatic heterocycles. The Labute approximate surface area is 143 Å². The summed E-state index contributed by atoms with van der Waals surface area (Å²) in [6.07, 6.45) is 0.418. The summed E-state index contributed by atoms with van der Waals surface area (Å²) in [5.74, 6) is 1.49. The number of ketones is 1. The second-order valence-corrected chi connectivity index (χ2v) is 6.19. The first kappa shape index (κ1) is 15.9. The van der Waals surface area contributed by atoms with E-state index in [1.807, 2.05) is 43.3 Å². The van der Waals surface area contributed by atoms with Crippen molar-refractivity contribution < 1.29 is 14.3 Å². The Balaban J connectivity index is 1.98. The molecule has 23 heavy (non-hydrogen) atoms. The number of anilines is 1. The smallest absolute Gasteiger partial charge is 0.174 e. The molecule has 0 spiro atoms. The molecule has 0 fully saturated rings. The van der Waals surface area contributed by atoms with Gasteiger partial charge in [-0.3, -0.25) is 4.79 Å². The standard InChI is InChI=1S/C18H18BrNO3/c1-3-23-17-9-11(8-13(19)18(17)22-2)15-10-16(21)12-6-4-5-7-14(12)20-15/h4-9,15,20H,3,10H2,1-2H3. The highest BCUT2D eigenvalue weighted by Crippen LogP contribution is 2.41. The number of nitrogens with one attached hydrogen (secondary N) is 1. The highest BCUT2D eigenvalue weighted by Gasteiger charge is 2.26. The van der Waals surface area contributed by atoms with E-state index in [1.165, 1.54) is 0 Å². The number of carbonyl (C=O) groups is 1. The highest BCUT2D eigenvalue weighted by atomic mass is 79.9. The average molecular weight is 376 g/mol. The molecule has 4 nitrogen and oxygen atoms in total. The zero-order valence-electron chi connectivity index (χ0n) is 13.1. The Morgan fingerprint density at radius 1 is 1.30 bits per heavy atom. The van der Waals surface area contributed by atoms with Crippen molar-refractivity contribution in [2.75, 3.05) is 19.0 Å². The normalized spacial score (nSPS) is 16.5. The van der Waals surface area contributed by atoms with Crippen molar-refractivity contribution in [2.45, 2.75) is 19.4 Å². The second kappa shape index (κ2) is 6.62. The van der Waals surface area contributed by atoms with Crippen LogP contribution in [0.5, 0.6) is 11.5 Å². The summed E-state index contributed by atoms with van der Waals surface area (Å²) in [6.45, 7) is 2.48. The molecule has 0 aliphatic carbocycles. The Bertz CT molecular complexity index is 745. The summed E-state index contributed by atoms with van der Waals surface area (Å²) >= 11 is 3.52. The lowest BCUT2D eigenvalue weighted by molar-refractivity contribution is 0.0972. The Morgan fingerprint density at radius 3 is 2.83 bits per heavy atom. The Morgan fingerprint density at radius 2 is 2.09 bits per heavy atom. The maximum absolute atomic E-state index is 12.4. The molecular weight excluding hydrogens is 358 g/mol. The van der Waals surface area contributed by atoms with Crippen molar-refractivity contribution in [1.82, 2.24) is 0 Å². The molecule has 0 radical (unpaired) electrons. The molecule has 1 atom stereocenters. The molecule has 0 amide bonds. The first-order chi connectivity index (χ1) is 11.1. The molecule has 1 unspecified atom stereocenters. The van der Waals surface area contributed by atoms with Crippen molar-refractivity contribution in [3.8, 4) is 11.5 Å². The first-order valence-electron chi connectivity index (χ1n) is 7.53. The fourth-order valence-electron chi connectivity index (χ4n) is 2.84. The number of para-hydroxylation sites is 1. The summed E-state index contributed by atoms with van der Waals surface area (Å²) in [5, 5.41) is 3.44. The molecule has 2 aromatic rings. The number of carbonyl (C=O) groups excluding carboxylic acids is 1. The Hall–Kier alpha value is -2.01. The summed E-state index contributed by atoms with van der Waals surface area (Å²) in [5.41, 5.74) is 2.61. The highest BCUT2D eigenvalue weighted by molar-refractivity contribution is 9.10. The van der Waals surface area contributed by atoms with E-state index in [-0.39, 0.29) is 11.8 Å². The SMILES string of the molecule is CCOc1cc(C2CC(=O)c3ccccc3N2)cc(Br)c1OC. The van der Waals surface area contributed by atoms with E-state index < -0.39 is 0 Å². The van der Waals surface area contributed by atoms with Gasteiger partial charge in [0.25, 0.3) is 0 Å². The van der Waals surface area contributed by atoms with Gasteiger partial charge >= 0.3 is 0 Å². The third kappa shape index (κ3) is 3.06. The number of halogens is 1. The van der Waals surface area contributed by atoms with Gasteiger partial charge in [0.15, 0.2) is 17.3 Å². The van der Waals surface area contributed by atoms with E-state index in [4.69, 9.17) is 9.47 Å². The minimum atomic E-state index is -0.0844. The van der Waals surface area contributed by atoms with Gasteiger partial charge in [-0.05, 0) is 52.7 Å². The van der Waals surface area contributed by atoms with Crippen molar-refractivity contribution in [3.63, 3.8) is 0 Å². The molecule has 0 saturated carbocycles. The molecule has 0 saturated heterocycles. The molecule has 0 bridgehead atoms. The van der Waals surface area contributed by atoms with Crippen LogP contribution in [-0.4, -0.2) is 19.5 Å². The molecule has 1 heterocycles. The van der Waals surface area contributed by atoms with Crippen molar-refractivity contribution >= 4 is 27.4 Å². The number of methoxy groups -OCH3 is 1. The van der Waals surface area contributed by atoms with Crippen molar-refractivity contribution in [3.05, 3.63) is 52.0 Å². The summed E-state index contributed by atoms with van der Waals surface area (Å²) in [6, 6.07) is 11.4. The predicted octanol–water partition coefficient (Wildman–Crippen LogP) is 4.60. The van der Waals surface area contributed by atoms with Crippen LogP contribution in [0.4, 0.5) is 5.69 Å². The van der Waals surface area contributed by atoms with Gasteiger partial charge in [0.1, 0.15) is 0 Å². The van der Waals surface area contributed by atoms with Crippen molar-refractivity contribution in [1.29, 1.82) is 0 Å². The molecular formula is C18H18BrNO3. The van der Waals surface area contributed by atoms with E-state index in [1.54, 1.807) is 7.11 Å². The first-order valence-corrected chi connectivity index (χ1v) is 8.32. The van der Waals surface area contributed by atoms with Gasteiger partial charge in [0.05, 0.1) is 24.2 Å². The lowest BCUT2D eigenvalue weighted by Gasteiger charge is -2.27. The molecule has 1 aliphatic heterocycles. The van der Waals surface area contributed by atoms with E-state index >= 15 is 0 Å². The number of hydrogen-bond donors (Lipinski definition) is 1. The monoisotopic (exact) mass is 375 g/mol. The van der Waals surface area contributed by atoms with Crippen LogP contribution >= 0.6 is 15.9 Å². The van der Waals surface area contributed by atoms with E-state index in [2.05, 4.69) is 21.2 Å². The van der Waals surface area contributed by atoms with Crippen molar-refractivity contribution in [2.24, 2.45) is 0 Å². The van der Waals surface area contributed by atoms with Gasteiger partial charge in [-0.25, -0.2) is 0 Å². The number of ether oxygens (including phenoxy) is 2. The third-order valence-corrected chi connectivity index (χ3v) is 4.47. The third-order valence-electron chi connectivity index (χ3n) is 3.88. The average Bonchev–Trinajstić information content (AvgIpc) is 2.55. The van der Waals surface area contributed by atoms with Crippen LogP contribution in [0.15, 0.2) is 40.9 Å². The minimum absolute atomic E-state index is 0.0844. The van der Waals surface area contributed by atoms with Crippen LogP contribution in [0.2, 0.25) is 0 Å². The summed E-state index contributed by atoms with van der Waals surface area (Å²) < 4.78 is 11.9.